The normalized spacial score (nSPS) is 8.53. The first-order valence-corrected chi connectivity index (χ1v) is 4.82. The lowest BCUT2D eigenvalue weighted by Gasteiger charge is -1.91. The summed E-state index contributed by atoms with van der Waals surface area (Å²) >= 11 is 0. The second kappa shape index (κ2) is 7.85. The molecule has 0 fully saturated rings. The SMILES string of the molecule is CCOC=C(C)C.Nc1ccc(F)cc1. The van der Waals surface area contributed by atoms with E-state index in [-0.39, 0.29) is 5.82 Å². The molecular weight excluding hydrogens is 193 g/mol. The summed E-state index contributed by atoms with van der Waals surface area (Å²) in [5.74, 6) is -0.251. The van der Waals surface area contributed by atoms with Crippen LogP contribution in [0.1, 0.15) is 20.8 Å². The first kappa shape index (κ1) is 13.5. The van der Waals surface area contributed by atoms with Crippen molar-refractivity contribution in [3.8, 4) is 0 Å². The molecule has 0 saturated heterocycles. The van der Waals surface area contributed by atoms with E-state index in [0.717, 1.165) is 6.61 Å². The molecule has 0 atom stereocenters. The fourth-order valence-corrected chi connectivity index (χ4v) is 0.713. The first-order valence-electron chi connectivity index (χ1n) is 4.82. The smallest absolute Gasteiger partial charge is 0.123 e. The molecule has 0 aliphatic rings. The molecule has 0 bridgehead atoms. The third-order valence-electron chi connectivity index (χ3n) is 1.36. The van der Waals surface area contributed by atoms with Crippen LogP contribution in [0.5, 0.6) is 0 Å². The number of nitrogen functional groups attached to an aromatic ring is 1. The molecule has 0 aliphatic carbocycles. The van der Waals surface area contributed by atoms with Gasteiger partial charge in [-0.05, 0) is 50.6 Å². The topological polar surface area (TPSA) is 35.2 Å². The Hall–Kier alpha value is -1.51. The summed E-state index contributed by atoms with van der Waals surface area (Å²) in [5.41, 5.74) is 7.06. The van der Waals surface area contributed by atoms with Crippen LogP contribution < -0.4 is 5.73 Å². The van der Waals surface area contributed by atoms with Gasteiger partial charge in [0.05, 0.1) is 12.9 Å². The second-order valence-corrected chi connectivity index (χ2v) is 3.20. The number of hydrogen-bond donors (Lipinski definition) is 1. The molecule has 2 nitrogen and oxygen atoms in total. The van der Waals surface area contributed by atoms with Crippen molar-refractivity contribution in [2.75, 3.05) is 12.3 Å². The van der Waals surface area contributed by atoms with E-state index in [2.05, 4.69) is 0 Å². The molecule has 0 spiro atoms. The van der Waals surface area contributed by atoms with Crippen molar-refractivity contribution in [2.24, 2.45) is 0 Å². The molecule has 0 radical (unpaired) electrons. The van der Waals surface area contributed by atoms with Gasteiger partial charge in [0, 0.05) is 5.69 Å². The zero-order valence-electron chi connectivity index (χ0n) is 9.46. The molecule has 0 aliphatic heterocycles. The lowest BCUT2D eigenvalue weighted by atomic mass is 10.3. The van der Waals surface area contributed by atoms with Gasteiger partial charge in [-0.25, -0.2) is 4.39 Å². The van der Waals surface area contributed by atoms with E-state index >= 15 is 0 Å². The predicted molar refractivity (Wildman–Crippen MR) is 61.9 cm³/mol. The summed E-state index contributed by atoms with van der Waals surface area (Å²) in [6.07, 6.45) is 1.76. The fraction of sp³-hybridized carbons (Fsp3) is 0.333. The van der Waals surface area contributed by atoms with Crippen LogP contribution in [-0.2, 0) is 4.74 Å². The molecule has 0 aromatic heterocycles. The monoisotopic (exact) mass is 211 g/mol. The molecule has 0 unspecified atom stereocenters. The highest BCUT2D eigenvalue weighted by Gasteiger charge is 1.83. The average molecular weight is 211 g/mol. The van der Waals surface area contributed by atoms with E-state index in [1.165, 1.54) is 29.8 Å². The van der Waals surface area contributed by atoms with Gasteiger partial charge in [0.15, 0.2) is 0 Å². The van der Waals surface area contributed by atoms with Crippen molar-refractivity contribution in [3.63, 3.8) is 0 Å². The summed E-state index contributed by atoms with van der Waals surface area (Å²) in [5, 5.41) is 0. The van der Waals surface area contributed by atoms with Gasteiger partial charge >= 0.3 is 0 Å². The second-order valence-electron chi connectivity index (χ2n) is 3.20. The van der Waals surface area contributed by atoms with Crippen LogP contribution in [-0.4, -0.2) is 6.61 Å². The van der Waals surface area contributed by atoms with Gasteiger partial charge in [0.25, 0.3) is 0 Å². The maximum Gasteiger partial charge on any atom is 0.123 e. The summed E-state index contributed by atoms with van der Waals surface area (Å²) in [4.78, 5) is 0. The van der Waals surface area contributed by atoms with E-state index in [1.54, 1.807) is 6.26 Å². The predicted octanol–water partition coefficient (Wildman–Crippen LogP) is 3.35. The minimum absolute atomic E-state index is 0.251. The molecule has 0 saturated carbocycles. The Bertz CT molecular complexity index is 268. The van der Waals surface area contributed by atoms with Crippen LogP contribution in [0.15, 0.2) is 36.1 Å². The molecule has 1 aromatic rings. The number of anilines is 1. The Kier molecular flexibility index (Phi) is 7.06. The highest BCUT2D eigenvalue weighted by molar-refractivity contribution is 5.36. The Labute approximate surface area is 90.6 Å². The molecule has 3 heteroatoms. The van der Waals surface area contributed by atoms with Crippen LogP contribution in [0, 0.1) is 5.82 Å². The lowest BCUT2D eigenvalue weighted by molar-refractivity contribution is 0.266. The van der Waals surface area contributed by atoms with Crippen LogP contribution in [0.25, 0.3) is 0 Å². The van der Waals surface area contributed by atoms with Gasteiger partial charge in [-0.15, -0.1) is 0 Å². The highest BCUT2D eigenvalue weighted by Crippen LogP contribution is 2.01. The van der Waals surface area contributed by atoms with Gasteiger partial charge in [-0.1, -0.05) is 0 Å². The molecule has 0 amide bonds. The number of benzene rings is 1. The molecule has 1 rings (SSSR count). The fourth-order valence-electron chi connectivity index (χ4n) is 0.713. The molecule has 2 N–H and O–H groups in total. The minimum atomic E-state index is -0.251. The molecule has 15 heavy (non-hydrogen) atoms. The largest absolute Gasteiger partial charge is 0.502 e. The van der Waals surface area contributed by atoms with Gasteiger partial charge in [0.1, 0.15) is 5.82 Å². The van der Waals surface area contributed by atoms with Gasteiger partial charge < -0.3 is 10.5 Å². The van der Waals surface area contributed by atoms with Crippen molar-refractivity contribution < 1.29 is 9.13 Å². The van der Waals surface area contributed by atoms with Crippen molar-refractivity contribution in [1.82, 2.24) is 0 Å². The van der Waals surface area contributed by atoms with Crippen molar-refractivity contribution in [1.29, 1.82) is 0 Å². The number of rotatable bonds is 2. The number of allylic oxidation sites excluding steroid dienone is 1. The maximum absolute atomic E-state index is 12.0. The number of halogens is 1. The van der Waals surface area contributed by atoms with E-state index in [1.807, 2.05) is 20.8 Å². The molecule has 0 heterocycles. The Balaban J connectivity index is 0.000000265. The van der Waals surface area contributed by atoms with E-state index in [9.17, 15) is 4.39 Å². The standard InChI is InChI=1S/C6H6FN.C6H12O/c7-5-1-3-6(8)4-2-5;1-4-7-5-6(2)3/h1-4H,8H2;5H,4H2,1-3H3. The Morgan fingerprint density at radius 2 is 1.87 bits per heavy atom. The van der Waals surface area contributed by atoms with Gasteiger partial charge in [-0.2, -0.15) is 0 Å². The third-order valence-corrected chi connectivity index (χ3v) is 1.36. The number of hydrogen-bond acceptors (Lipinski definition) is 2. The molecular formula is C12H18FNO. The number of nitrogens with two attached hydrogens (primary N) is 1. The molecule has 1 aromatic carbocycles. The highest BCUT2D eigenvalue weighted by atomic mass is 19.1. The first-order chi connectivity index (χ1) is 7.06. The quantitative estimate of drug-likeness (QED) is 0.601. The molecule has 84 valence electrons. The summed E-state index contributed by atoms with van der Waals surface area (Å²) in [6.45, 7) is 6.76. The van der Waals surface area contributed by atoms with Crippen molar-refractivity contribution in [3.05, 3.63) is 41.9 Å². The number of ether oxygens (including phenoxy) is 1. The summed E-state index contributed by atoms with van der Waals surface area (Å²) in [6, 6.07) is 5.70. The van der Waals surface area contributed by atoms with Crippen molar-refractivity contribution >= 4 is 5.69 Å². The van der Waals surface area contributed by atoms with Crippen molar-refractivity contribution in [2.45, 2.75) is 20.8 Å². The Morgan fingerprint density at radius 3 is 2.13 bits per heavy atom. The third kappa shape index (κ3) is 8.81. The minimum Gasteiger partial charge on any atom is -0.502 e. The van der Waals surface area contributed by atoms with Crippen LogP contribution in [0.4, 0.5) is 10.1 Å². The van der Waals surface area contributed by atoms with Crippen LogP contribution >= 0.6 is 0 Å². The van der Waals surface area contributed by atoms with Crippen LogP contribution in [0.3, 0.4) is 0 Å². The van der Waals surface area contributed by atoms with E-state index in [4.69, 9.17) is 10.5 Å². The lowest BCUT2D eigenvalue weighted by Crippen LogP contribution is -1.82. The zero-order valence-corrected chi connectivity index (χ0v) is 9.46. The van der Waals surface area contributed by atoms with E-state index in [0.29, 0.717) is 5.69 Å². The maximum atomic E-state index is 12.0. The van der Waals surface area contributed by atoms with Gasteiger partial charge in [-0.3, -0.25) is 0 Å². The van der Waals surface area contributed by atoms with Gasteiger partial charge in [0.2, 0.25) is 0 Å². The Morgan fingerprint density at radius 1 is 1.33 bits per heavy atom. The zero-order chi connectivity index (χ0) is 11.7. The summed E-state index contributed by atoms with van der Waals surface area (Å²) < 4.78 is 17.0. The van der Waals surface area contributed by atoms with E-state index < -0.39 is 0 Å². The average Bonchev–Trinajstić information content (AvgIpc) is 2.20. The summed E-state index contributed by atoms with van der Waals surface area (Å²) in [7, 11) is 0. The van der Waals surface area contributed by atoms with Crippen LogP contribution in [0.2, 0.25) is 0 Å².